The van der Waals surface area contributed by atoms with Crippen molar-refractivity contribution in [3.63, 3.8) is 0 Å². The summed E-state index contributed by atoms with van der Waals surface area (Å²) in [6.07, 6.45) is 4.00. The third kappa shape index (κ3) is 3.58. The fraction of sp³-hybridized carbons (Fsp3) is 0.737. The van der Waals surface area contributed by atoms with Crippen molar-refractivity contribution in [3.05, 3.63) is 28.6 Å². The van der Waals surface area contributed by atoms with Gasteiger partial charge in [0.1, 0.15) is 6.10 Å². The molecule has 3 rings (SSSR count). The van der Waals surface area contributed by atoms with E-state index in [9.17, 15) is 5.11 Å². The van der Waals surface area contributed by atoms with Gasteiger partial charge in [0.15, 0.2) is 0 Å². The molecule has 1 aromatic rings. The topological polar surface area (TPSA) is 61.5 Å². The van der Waals surface area contributed by atoms with Gasteiger partial charge in [0.2, 0.25) is 0 Å². The molecule has 1 atom stereocenters. The molecule has 0 amide bonds. The molecule has 0 fully saturated rings. The number of aromatic nitrogens is 2. The summed E-state index contributed by atoms with van der Waals surface area (Å²) in [5.41, 5.74) is 5.20. The number of aliphatic hydroxyl groups excluding tert-OH is 2. The lowest BCUT2D eigenvalue weighted by molar-refractivity contribution is 0.0916. The smallest absolute Gasteiger partial charge is 0.121 e. The SMILES string of the molecule is CC1=C(CN2CCCn3nc(C(O)CO)cc3C2)C(C)(C)CCC1. The quantitative estimate of drug-likeness (QED) is 0.832. The van der Waals surface area contributed by atoms with Crippen LogP contribution in [0.15, 0.2) is 17.2 Å². The average Bonchev–Trinajstić information content (AvgIpc) is 2.83. The standard InChI is InChI=1S/C19H31N3O2/c1-14-6-4-7-19(2,3)16(14)12-21-8-5-9-22-15(11-21)10-17(20-22)18(24)13-23/h10,18,23-24H,4-9,11-13H2,1-3H3. The third-order valence-electron chi connectivity index (χ3n) is 5.69. The van der Waals surface area contributed by atoms with Gasteiger partial charge in [0.25, 0.3) is 0 Å². The van der Waals surface area contributed by atoms with E-state index in [1.54, 1.807) is 11.1 Å². The maximum atomic E-state index is 9.83. The second kappa shape index (κ2) is 6.98. The highest BCUT2D eigenvalue weighted by Crippen LogP contribution is 2.40. The van der Waals surface area contributed by atoms with Gasteiger partial charge in [-0.15, -0.1) is 0 Å². The molecule has 0 saturated carbocycles. The summed E-state index contributed by atoms with van der Waals surface area (Å²) in [6.45, 7) is 10.6. The number of aryl methyl sites for hydroxylation is 1. The molecule has 5 heteroatoms. The molecule has 0 spiro atoms. The molecular formula is C19H31N3O2. The summed E-state index contributed by atoms with van der Waals surface area (Å²) in [5.74, 6) is 0. The van der Waals surface area contributed by atoms with Gasteiger partial charge >= 0.3 is 0 Å². The Morgan fingerprint density at radius 3 is 2.79 bits per heavy atom. The van der Waals surface area contributed by atoms with Gasteiger partial charge in [-0.05, 0) is 44.1 Å². The van der Waals surface area contributed by atoms with Crippen LogP contribution < -0.4 is 0 Å². The van der Waals surface area contributed by atoms with Crippen molar-refractivity contribution < 1.29 is 10.2 Å². The molecule has 0 bridgehead atoms. The van der Waals surface area contributed by atoms with Crippen LogP contribution in [0.1, 0.15) is 63.9 Å². The Balaban J connectivity index is 1.77. The van der Waals surface area contributed by atoms with Crippen LogP contribution in [0, 0.1) is 5.41 Å². The van der Waals surface area contributed by atoms with E-state index in [2.05, 4.69) is 30.8 Å². The number of hydrogen-bond acceptors (Lipinski definition) is 4. The van der Waals surface area contributed by atoms with Crippen LogP contribution in [0.3, 0.4) is 0 Å². The zero-order chi connectivity index (χ0) is 17.3. The van der Waals surface area contributed by atoms with Crippen molar-refractivity contribution in [1.82, 2.24) is 14.7 Å². The summed E-state index contributed by atoms with van der Waals surface area (Å²) in [4.78, 5) is 2.52. The highest BCUT2D eigenvalue weighted by molar-refractivity contribution is 5.24. The molecule has 5 nitrogen and oxygen atoms in total. The molecule has 0 aromatic carbocycles. The predicted molar refractivity (Wildman–Crippen MR) is 94.5 cm³/mol. The third-order valence-corrected chi connectivity index (χ3v) is 5.69. The Labute approximate surface area is 145 Å². The second-order valence-corrected chi connectivity index (χ2v) is 8.04. The average molecular weight is 333 g/mol. The Morgan fingerprint density at radius 2 is 2.08 bits per heavy atom. The summed E-state index contributed by atoms with van der Waals surface area (Å²) < 4.78 is 2.00. The monoisotopic (exact) mass is 333 g/mol. The van der Waals surface area contributed by atoms with E-state index >= 15 is 0 Å². The summed E-state index contributed by atoms with van der Waals surface area (Å²) in [6, 6.07) is 1.95. The minimum atomic E-state index is -0.875. The van der Waals surface area contributed by atoms with Crippen LogP contribution in [0.4, 0.5) is 0 Å². The van der Waals surface area contributed by atoms with Crippen LogP contribution in [0.25, 0.3) is 0 Å². The minimum Gasteiger partial charge on any atom is -0.393 e. The van der Waals surface area contributed by atoms with Gasteiger partial charge in [-0.1, -0.05) is 25.0 Å². The first-order chi connectivity index (χ1) is 11.4. The van der Waals surface area contributed by atoms with E-state index in [1.165, 1.54) is 19.3 Å². The Kier molecular flexibility index (Phi) is 5.13. The second-order valence-electron chi connectivity index (χ2n) is 8.04. The minimum absolute atomic E-state index is 0.277. The zero-order valence-electron chi connectivity index (χ0n) is 15.3. The number of hydrogen-bond donors (Lipinski definition) is 2. The number of aliphatic hydroxyl groups is 2. The summed E-state index contributed by atoms with van der Waals surface area (Å²) >= 11 is 0. The molecule has 1 aliphatic heterocycles. The first-order valence-corrected chi connectivity index (χ1v) is 9.18. The molecule has 2 N–H and O–H groups in total. The van der Waals surface area contributed by atoms with Crippen LogP contribution in [-0.4, -0.2) is 44.6 Å². The molecule has 134 valence electrons. The molecule has 0 radical (unpaired) electrons. The lowest BCUT2D eigenvalue weighted by Crippen LogP contribution is -2.32. The number of nitrogens with zero attached hydrogens (tertiary/aromatic N) is 3. The first kappa shape index (κ1) is 17.6. The lowest BCUT2D eigenvalue weighted by atomic mass is 9.72. The van der Waals surface area contributed by atoms with Gasteiger partial charge < -0.3 is 10.2 Å². The molecule has 2 heterocycles. The van der Waals surface area contributed by atoms with E-state index in [0.29, 0.717) is 11.1 Å². The highest BCUT2D eigenvalue weighted by Gasteiger charge is 2.30. The van der Waals surface area contributed by atoms with Crippen molar-refractivity contribution >= 4 is 0 Å². The molecule has 0 saturated heterocycles. The van der Waals surface area contributed by atoms with Crippen LogP contribution >= 0.6 is 0 Å². The Bertz CT molecular complexity index is 618. The normalized spacial score (nSPS) is 23.0. The highest BCUT2D eigenvalue weighted by atomic mass is 16.3. The molecule has 24 heavy (non-hydrogen) atoms. The number of rotatable bonds is 4. The van der Waals surface area contributed by atoms with Crippen LogP contribution in [0.5, 0.6) is 0 Å². The number of allylic oxidation sites excluding steroid dienone is 1. The van der Waals surface area contributed by atoms with Gasteiger partial charge in [-0.3, -0.25) is 9.58 Å². The van der Waals surface area contributed by atoms with Crippen molar-refractivity contribution in [2.24, 2.45) is 5.41 Å². The van der Waals surface area contributed by atoms with Gasteiger partial charge in [0, 0.05) is 26.2 Å². The van der Waals surface area contributed by atoms with Gasteiger partial charge in [0.05, 0.1) is 18.0 Å². The fourth-order valence-electron chi connectivity index (χ4n) is 4.19. The van der Waals surface area contributed by atoms with Crippen LogP contribution in [0.2, 0.25) is 0 Å². The molecule has 1 aliphatic carbocycles. The van der Waals surface area contributed by atoms with E-state index < -0.39 is 6.10 Å². The maximum absolute atomic E-state index is 9.83. The zero-order valence-corrected chi connectivity index (χ0v) is 15.3. The summed E-state index contributed by atoms with van der Waals surface area (Å²) in [5, 5.41) is 23.5. The number of fused-ring (bicyclic) bond motifs is 1. The van der Waals surface area contributed by atoms with E-state index in [0.717, 1.165) is 38.3 Å². The van der Waals surface area contributed by atoms with Crippen molar-refractivity contribution in [2.75, 3.05) is 19.7 Å². The van der Waals surface area contributed by atoms with Crippen molar-refractivity contribution in [2.45, 2.75) is 65.6 Å². The Morgan fingerprint density at radius 1 is 1.29 bits per heavy atom. The lowest BCUT2D eigenvalue weighted by Gasteiger charge is -2.37. The molecular weight excluding hydrogens is 302 g/mol. The molecule has 2 aliphatic rings. The van der Waals surface area contributed by atoms with E-state index in [-0.39, 0.29) is 6.61 Å². The largest absolute Gasteiger partial charge is 0.393 e. The first-order valence-electron chi connectivity index (χ1n) is 9.18. The van der Waals surface area contributed by atoms with E-state index in [1.807, 2.05) is 10.7 Å². The van der Waals surface area contributed by atoms with Gasteiger partial charge in [-0.25, -0.2) is 0 Å². The molecule has 1 aromatic heterocycles. The Hall–Kier alpha value is -1.17. The van der Waals surface area contributed by atoms with Crippen molar-refractivity contribution in [1.29, 1.82) is 0 Å². The summed E-state index contributed by atoms with van der Waals surface area (Å²) in [7, 11) is 0. The fourth-order valence-corrected chi connectivity index (χ4v) is 4.19. The molecule has 1 unspecified atom stereocenters. The van der Waals surface area contributed by atoms with Crippen molar-refractivity contribution in [3.8, 4) is 0 Å². The maximum Gasteiger partial charge on any atom is 0.121 e. The van der Waals surface area contributed by atoms with Crippen LogP contribution in [-0.2, 0) is 13.1 Å². The van der Waals surface area contributed by atoms with E-state index in [4.69, 9.17) is 5.11 Å². The predicted octanol–water partition coefficient (Wildman–Crippen LogP) is 2.64. The van der Waals surface area contributed by atoms with Gasteiger partial charge in [-0.2, -0.15) is 5.10 Å².